The minimum Gasteiger partial charge on any atom is -0.308 e. The summed E-state index contributed by atoms with van der Waals surface area (Å²) in [6.07, 6.45) is 0.799. The monoisotopic (exact) mass is 274 g/mol. The van der Waals surface area contributed by atoms with Crippen molar-refractivity contribution in [2.45, 2.75) is 31.0 Å². The van der Waals surface area contributed by atoms with Gasteiger partial charge in [0.2, 0.25) is 0 Å². The molecule has 0 fully saturated rings. The molecule has 1 aromatic carbocycles. The van der Waals surface area contributed by atoms with Crippen LogP contribution in [0.4, 0.5) is 5.82 Å². The standard InChI is InChI=1S/C14H18N4S/c1-3-12-16-13(18-15)8-14(17-12)19-9-11-7-5-4-6-10(11)2/h4-8H,3,9,15H2,1-2H3,(H,16,17,18). The van der Waals surface area contributed by atoms with Gasteiger partial charge < -0.3 is 5.43 Å². The van der Waals surface area contributed by atoms with Crippen LogP contribution in [-0.2, 0) is 12.2 Å². The van der Waals surface area contributed by atoms with Crippen LogP contribution in [0.1, 0.15) is 23.9 Å². The first kappa shape index (κ1) is 13.8. The number of nitrogens with two attached hydrogens (primary N) is 1. The molecule has 0 atom stereocenters. The number of nitrogens with zero attached hydrogens (tertiary/aromatic N) is 2. The highest BCUT2D eigenvalue weighted by atomic mass is 32.2. The molecule has 0 saturated heterocycles. The smallest absolute Gasteiger partial charge is 0.144 e. The van der Waals surface area contributed by atoms with Crippen molar-refractivity contribution >= 4 is 17.6 Å². The molecule has 19 heavy (non-hydrogen) atoms. The molecule has 0 unspecified atom stereocenters. The van der Waals surface area contributed by atoms with Crippen LogP contribution in [-0.4, -0.2) is 9.97 Å². The lowest BCUT2D eigenvalue weighted by molar-refractivity contribution is 0.888. The average molecular weight is 274 g/mol. The van der Waals surface area contributed by atoms with Crippen LogP contribution >= 0.6 is 11.8 Å². The number of hydrogen-bond donors (Lipinski definition) is 2. The number of nitrogen functional groups attached to an aromatic ring is 1. The van der Waals surface area contributed by atoms with Crippen molar-refractivity contribution in [2.75, 3.05) is 5.43 Å². The predicted molar refractivity (Wildman–Crippen MR) is 80.0 cm³/mol. The van der Waals surface area contributed by atoms with Crippen LogP contribution in [0.25, 0.3) is 0 Å². The fourth-order valence-electron chi connectivity index (χ4n) is 1.70. The summed E-state index contributed by atoms with van der Waals surface area (Å²) >= 11 is 1.70. The van der Waals surface area contributed by atoms with Crippen molar-refractivity contribution in [3.63, 3.8) is 0 Å². The molecule has 0 radical (unpaired) electrons. The summed E-state index contributed by atoms with van der Waals surface area (Å²) in [5.74, 6) is 7.80. The zero-order chi connectivity index (χ0) is 13.7. The Balaban J connectivity index is 2.13. The molecule has 3 N–H and O–H groups in total. The second kappa shape index (κ2) is 6.54. The van der Waals surface area contributed by atoms with Gasteiger partial charge in [0.1, 0.15) is 16.7 Å². The molecule has 1 aromatic heterocycles. The van der Waals surface area contributed by atoms with Crippen LogP contribution < -0.4 is 11.3 Å². The Kier molecular flexibility index (Phi) is 4.76. The van der Waals surface area contributed by atoms with Gasteiger partial charge >= 0.3 is 0 Å². The number of anilines is 1. The Morgan fingerprint density at radius 3 is 2.74 bits per heavy atom. The lowest BCUT2D eigenvalue weighted by atomic mass is 10.1. The predicted octanol–water partition coefficient (Wildman–Crippen LogP) is 2.93. The van der Waals surface area contributed by atoms with E-state index in [4.69, 9.17) is 5.84 Å². The molecule has 5 heteroatoms. The van der Waals surface area contributed by atoms with Gasteiger partial charge in [0.15, 0.2) is 0 Å². The van der Waals surface area contributed by atoms with Crippen molar-refractivity contribution in [3.8, 4) is 0 Å². The van der Waals surface area contributed by atoms with Crippen LogP contribution in [0.3, 0.4) is 0 Å². The maximum atomic E-state index is 5.42. The molecule has 0 aliphatic rings. The van der Waals surface area contributed by atoms with Crippen molar-refractivity contribution in [1.29, 1.82) is 0 Å². The normalized spacial score (nSPS) is 10.5. The first-order chi connectivity index (χ1) is 9.22. The highest BCUT2D eigenvalue weighted by Crippen LogP contribution is 2.24. The highest BCUT2D eigenvalue weighted by molar-refractivity contribution is 7.98. The Bertz CT molecular complexity index is 535. The second-order valence-electron chi connectivity index (χ2n) is 4.22. The van der Waals surface area contributed by atoms with E-state index >= 15 is 0 Å². The van der Waals surface area contributed by atoms with E-state index in [1.165, 1.54) is 11.1 Å². The van der Waals surface area contributed by atoms with Gasteiger partial charge in [0.25, 0.3) is 0 Å². The van der Waals surface area contributed by atoms with Gasteiger partial charge in [-0.2, -0.15) is 0 Å². The number of hydrazine groups is 1. The van der Waals surface area contributed by atoms with E-state index in [1.807, 2.05) is 13.0 Å². The van der Waals surface area contributed by atoms with Gasteiger partial charge in [0.05, 0.1) is 0 Å². The summed E-state index contributed by atoms with van der Waals surface area (Å²) in [5.41, 5.74) is 5.22. The second-order valence-corrected chi connectivity index (χ2v) is 5.22. The molecular formula is C14H18N4S. The van der Waals surface area contributed by atoms with E-state index in [0.717, 1.165) is 23.0 Å². The third kappa shape index (κ3) is 3.68. The summed E-state index contributed by atoms with van der Waals surface area (Å²) in [6, 6.07) is 10.3. The SMILES string of the molecule is CCc1nc(NN)cc(SCc2ccccc2C)n1. The molecule has 0 aliphatic carbocycles. The minimum atomic E-state index is 0.666. The largest absolute Gasteiger partial charge is 0.308 e. The first-order valence-corrected chi connectivity index (χ1v) is 7.23. The van der Waals surface area contributed by atoms with Crippen LogP contribution in [0, 0.1) is 6.92 Å². The van der Waals surface area contributed by atoms with Gasteiger partial charge in [-0.1, -0.05) is 31.2 Å². The van der Waals surface area contributed by atoms with Gasteiger partial charge in [-0.25, -0.2) is 15.8 Å². The quantitative estimate of drug-likeness (QED) is 0.380. The first-order valence-electron chi connectivity index (χ1n) is 6.24. The van der Waals surface area contributed by atoms with Crippen molar-refractivity contribution in [2.24, 2.45) is 5.84 Å². The molecule has 1 heterocycles. The minimum absolute atomic E-state index is 0.666. The molecule has 0 bridgehead atoms. The Hall–Kier alpha value is -1.59. The topological polar surface area (TPSA) is 63.8 Å². The van der Waals surface area contributed by atoms with Gasteiger partial charge in [-0.3, -0.25) is 0 Å². The maximum absolute atomic E-state index is 5.42. The van der Waals surface area contributed by atoms with Crippen LogP contribution in [0.2, 0.25) is 0 Å². The number of hydrogen-bond acceptors (Lipinski definition) is 5. The number of thioether (sulfide) groups is 1. The number of aryl methyl sites for hydroxylation is 2. The van der Waals surface area contributed by atoms with Gasteiger partial charge in [-0.15, -0.1) is 11.8 Å². The number of aromatic nitrogens is 2. The fraction of sp³-hybridized carbons (Fsp3) is 0.286. The summed E-state index contributed by atoms with van der Waals surface area (Å²) < 4.78 is 0. The maximum Gasteiger partial charge on any atom is 0.144 e. The third-order valence-electron chi connectivity index (χ3n) is 2.85. The summed E-state index contributed by atoms with van der Waals surface area (Å²) in [6.45, 7) is 4.16. The van der Waals surface area contributed by atoms with E-state index in [0.29, 0.717) is 5.82 Å². The van der Waals surface area contributed by atoms with Crippen LogP contribution in [0.5, 0.6) is 0 Å². The summed E-state index contributed by atoms with van der Waals surface area (Å²) in [7, 11) is 0. The number of nitrogens with one attached hydrogen (secondary N) is 1. The van der Waals surface area contributed by atoms with E-state index < -0.39 is 0 Å². The zero-order valence-corrected chi connectivity index (χ0v) is 12.0. The number of benzene rings is 1. The zero-order valence-electron chi connectivity index (χ0n) is 11.2. The molecule has 0 saturated carbocycles. The summed E-state index contributed by atoms with van der Waals surface area (Å²) in [5, 5.41) is 0.947. The Morgan fingerprint density at radius 2 is 2.05 bits per heavy atom. The highest BCUT2D eigenvalue weighted by Gasteiger charge is 2.05. The molecule has 0 spiro atoms. The van der Waals surface area contributed by atoms with E-state index in [9.17, 15) is 0 Å². The molecule has 0 aliphatic heterocycles. The Morgan fingerprint density at radius 1 is 1.26 bits per heavy atom. The number of rotatable bonds is 5. The lowest BCUT2D eigenvalue weighted by Crippen LogP contribution is -2.10. The van der Waals surface area contributed by atoms with Gasteiger partial charge in [0, 0.05) is 18.2 Å². The van der Waals surface area contributed by atoms with Crippen molar-refractivity contribution in [3.05, 3.63) is 47.3 Å². The molecule has 2 rings (SSSR count). The summed E-state index contributed by atoms with van der Waals surface area (Å²) in [4.78, 5) is 8.78. The molecule has 2 aromatic rings. The van der Waals surface area contributed by atoms with E-state index in [2.05, 4.69) is 46.6 Å². The molecular weight excluding hydrogens is 256 g/mol. The fourth-order valence-corrected chi connectivity index (χ4v) is 2.69. The Labute approximate surface area is 117 Å². The third-order valence-corrected chi connectivity index (χ3v) is 3.81. The molecule has 4 nitrogen and oxygen atoms in total. The van der Waals surface area contributed by atoms with E-state index in [-0.39, 0.29) is 0 Å². The van der Waals surface area contributed by atoms with E-state index in [1.54, 1.807) is 11.8 Å². The average Bonchev–Trinajstić information content (AvgIpc) is 2.46. The van der Waals surface area contributed by atoms with Crippen molar-refractivity contribution in [1.82, 2.24) is 9.97 Å². The van der Waals surface area contributed by atoms with Crippen LogP contribution in [0.15, 0.2) is 35.4 Å². The molecule has 100 valence electrons. The lowest BCUT2D eigenvalue weighted by Gasteiger charge is -2.07. The van der Waals surface area contributed by atoms with Gasteiger partial charge in [-0.05, 0) is 18.1 Å². The van der Waals surface area contributed by atoms with Crippen molar-refractivity contribution < 1.29 is 0 Å². The molecule has 0 amide bonds.